The van der Waals surface area contributed by atoms with Crippen LogP contribution in [-0.4, -0.2) is 16.8 Å². The molecule has 0 saturated carbocycles. The van der Waals surface area contributed by atoms with Gasteiger partial charge in [0, 0.05) is 5.56 Å². The molecule has 0 bridgehead atoms. The number of aromatic hydroxyl groups is 1. The second kappa shape index (κ2) is 6.48. The van der Waals surface area contributed by atoms with E-state index in [0.29, 0.717) is 6.61 Å². The second-order valence-electron chi connectivity index (χ2n) is 3.94. The van der Waals surface area contributed by atoms with Crippen molar-refractivity contribution >= 4 is 0 Å². The number of aliphatic hydroxyl groups excluding tert-OH is 1. The molecule has 0 radical (unpaired) electrons. The second-order valence-corrected chi connectivity index (χ2v) is 3.94. The molecule has 0 unspecified atom stereocenters. The molecule has 0 aromatic heterocycles. The van der Waals surface area contributed by atoms with Gasteiger partial charge in [-0.2, -0.15) is 0 Å². The Bertz CT molecular complexity index is 591. The molecule has 0 atom stereocenters. The maximum atomic E-state index is 9.18. The minimum absolute atomic E-state index is 0.154. The molecule has 0 saturated heterocycles. The third-order valence-corrected chi connectivity index (χ3v) is 2.49. The van der Waals surface area contributed by atoms with Crippen LogP contribution in [0.4, 0.5) is 0 Å². The minimum Gasteiger partial charge on any atom is -0.508 e. The highest BCUT2D eigenvalue weighted by Gasteiger charge is 1.97. The zero-order chi connectivity index (χ0) is 13.5. The lowest BCUT2D eigenvalue weighted by atomic mass is 10.2. The largest absolute Gasteiger partial charge is 0.508 e. The zero-order valence-corrected chi connectivity index (χ0v) is 10.3. The van der Waals surface area contributed by atoms with E-state index in [1.54, 1.807) is 12.1 Å². The predicted molar refractivity (Wildman–Crippen MR) is 72.8 cm³/mol. The van der Waals surface area contributed by atoms with Crippen LogP contribution >= 0.6 is 0 Å². The summed E-state index contributed by atoms with van der Waals surface area (Å²) in [5, 5.41) is 17.8. The van der Waals surface area contributed by atoms with E-state index in [1.807, 2.05) is 36.4 Å². The summed E-state index contributed by atoms with van der Waals surface area (Å²) in [7, 11) is 0. The highest BCUT2D eigenvalue weighted by molar-refractivity contribution is 5.40. The number of hydrogen-bond donors (Lipinski definition) is 2. The van der Waals surface area contributed by atoms with Crippen LogP contribution in [0, 0.1) is 11.8 Å². The van der Waals surface area contributed by atoms with Crippen molar-refractivity contribution in [3.63, 3.8) is 0 Å². The van der Waals surface area contributed by atoms with Gasteiger partial charge in [-0.05, 0) is 35.9 Å². The van der Waals surface area contributed by atoms with Crippen LogP contribution in [0.1, 0.15) is 11.1 Å². The summed E-state index contributed by atoms with van der Waals surface area (Å²) in [6.07, 6.45) is 0. The van der Waals surface area contributed by atoms with Gasteiger partial charge in [0.15, 0.2) is 0 Å². The van der Waals surface area contributed by atoms with E-state index in [2.05, 4.69) is 11.8 Å². The Hall–Kier alpha value is -2.44. The number of hydrogen-bond acceptors (Lipinski definition) is 3. The van der Waals surface area contributed by atoms with Gasteiger partial charge in [0.1, 0.15) is 24.7 Å². The Kier molecular flexibility index (Phi) is 4.44. The van der Waals surface area contributed by atoms with Gasteiger partial charge in [-0.1, -0.05) is 30.0 Å². The standard InChI is InChI=1S/C16H14O3/c17-10-2-4-13-3-1-5-16(11-13)19-12-14-6-8-15(18)9-7-14/h1,3,5-9,11,17-18H,10,12H2. The molecule has 3 nitrogen and oxygen atoms in total. The summed E-state index contributed by atoms with van der Waals surface area (Å²) >= 11 is 0. The van der Waals surface area contributed by atoms with Gasteiger partial charge in [0.2, 0.25) is 0 Å². The van der Waals surface area contributed by atoms with E-state index < -0.39 is 0 Å². The molecular weight excluding hydrogens is 240 g/mol. The molecular formula is C16H14O3. The number of phenolic OH excluding ortho intramolecular Hbond substituents is 1. The van der Waals surface area contributed by atoms with Crippen LogP contribution in [0.5, 0.6) is 11.5 Å². The Morgan fingerprint density at radius 3 is 2.58 bits per heavy atom. The summed E-state index contributed by atoms with van der Waals surface area (Å²) in [5.74, 6) is 6.38. The Morgan fingerprint density at radius 2 is 1.84 bits per heavy atom. The van der Waals surface area contributed by atoms with E-state index in [1.165, 1.54) is 0 Å². The minimum atomic E-state index is -0.154. The van der Waals surface area contributed by atoms with E-state index >= 15 is 0 Å². The van der Waals surface area contributed by atoms with Crippen LogP contribution < -0.4 is 4.74 Å². The van der Waals surface area contributed by atoms with Gasteiger partial charge < -0.3 is 14.9 Å². The molecule has 96 valence electrons. The fourth-order valence-electron chi connectivity index (χ4n) is 1.56. The molecule has 2 N–H and O–H groups in total. The highest BCUT2D eigenvalue weighted by atomic mass is 16.5. The van der Waals surface area contributed by atoms with Crippen LogP contribution in [0.25, 0.3) is 0 Å². The van der Waals surface area contributed by atoms with Gasteiger partial charge in [0.25, 0.3) is 0 Å². The predicted octanol–water partition coefficient (Wildman–Crippen LogP) is 2.32. The Balaban J connectivity index is 2.01. The summed E-state index contributed by atoms with van der Waals surface area (Å²) in [4.78, 5) is 0. The fraction of sp³-hybridized carbons (Fsp3) is 0.125. The fourth-order valence-corrected chi connectivity index (χ4v) is 1.56. The van der Waals surface area contributed by atoms with Crippen molar-refractivity contribution in [1.29, 1.82) is 0 Å². The van der Waals surface area contributed by atoms with Crippen molar-refractivity contribution in [3.05, 3.63) is 59.7 Å². The number of aliphatic hydroxyl groups is 1. The molecule has 2 aromatic rings. The lowest BCUT2D eigenvalue weighted by Gasteiger charge is -2.06. The quantitative estimate of drug-likeness (QED) is 0.826. The average molecular weight is 254 g/mol. The molecule has 0 heterocycles. The van der Waals surface area contributed by atoms with E-state index in [-0.39, 0.29) is 12.4 Å². The maximum absolute atomic E-state index is 9.18. The van der Waals surface area contributed by atoms with Gasteiger partial charge >= 0.3 is 0 Å². The molecule has 2 rings (SSSR count). The average Bonchev–Trinajstić information content (AvgIpc) is 2.45. The molecule has 0 aliphatic carbocycles. The van der Waals surface area contributed by atoms with Gasteiger partial charge in [-0.3, -0.25) is 0 Å². The number of benzene rings is 2. The normalized spacial score (nSPS) is 9.53. The Labute approximate surface area is 112 Å². The molecule has 0 amide bonds. The van der Waals surface area contributed by atoms with Crippen LogP contribution in [0.15, 0.2) is 48.5 Å². The number of phenols is 1. The molecule has 0 fully saturated rings. The van der Waals surface area contributed by atoms with E-state index in [0.717, 1.165) is 16.9 Å². The molecule has 2 aromatic carbocycles. The summed E-state index contributed by atoms with van der Waals surface area (Å²) in [6, 6.07) is 14.3. The first-order valence-corrected chi connectivity index (χ1v) is 5.88. The summed E-state index contributed by atoms with van der Waals surface area (Å²) in [5.41, 5.74) is 1.78. The highest BCUT2D eigenvalue weighted by Crippen LogP contribution is 2.16. The lowest BCUT2D eigenvalue weighted by molar-refractivity contribution is 0.306. The molecule has 3 heteroatoms. The topological polar surface area (TPSA) is 49.7 Å². The first kappa shape index (κ1) is 13.0. The van der Waals surface area contributed by atoms with E-state index in [4.69, 9.17) is 9.84 Å². The summed E-state index contributed by atoms with van der Waals surface area (Å²) < 4.78 is 5.64. The molecule has 19 heavy (non-hydrogen) atoms. The number of ether oxygens (including phenoxy) is 1. The lowest BCUT2D eigenvalue weighted by Crippen LogP contribution is -1.95. The van der Waals surface area contributed by atoms with Crippen molar-refractivity contribution in [3.8, 4) is 23.3 Å². The van der Waals surface area contributed by atoms with Crippen molar-refractivity contribution < 1.29 is 14.9 Å². The smallest absolute Gasteiger partial charge is 0.121 e. The first-order chi connectivity index (χ1) is 9.28. The Morgan fingerprint density at radius 1 is 1.05 bits per heavy atom. The first-order valence-electron chi connectivity index (χ1n) is 5.88. The maximum Gasteiger partial charge on any atom is 0.121 e. The molecule has 0 aliphatic rings. The summed E-state index contributed by atoms with van der Waals surface area (Å²) in [6.45, 7) is 0.274. The molecule has 0 spiro atoms. The van der Waals surface area contributed by atoms with Gasteiger partial charge in [-0.25, -0.2) is 0 Å². The van der Waals surface area contributed by atoms with Gasteiger partial charge in [0.05, 0.1) is 0 Å². The monoisotopic (exact) mass is 254 g/mol. The van der Waals surface area contributed by atoms with Crippen LogP contribution in [0.3, 0.4) is 0 Å². The van der Waals surface area contributed by atoms with Crippen LogP contribution in [-0.2, 0) is 6.61 Å². The van der Waals surface area contributed by atoms with Crippen molar-refractivity contribution in [1.82, 2.24) is 0 Å². The van der Waals surface area contributed by atoms with Crippen molar-refractivity contribution in [2.75, 3.05) is 6.61 Å². The van der Waals surface area contributed by atoms with Crippen LogP contribution in [0.2, 0.25) is 0 Å². The SMILES string of the molecule is OCC#Cc1cccc(OCc2ccc(O)cc2)c1. The van der Waals surface area contributed by atoms with Crippen molar-refractivity contribution in [2.24, 2.45) is 0 Å². The van der Waals surface area contributed by atoms with Gasteiger partial charge in [-0.15, -0.1) is 0 Å². The zero-order valence-electron chi connectivity index (χ0n) is 10.3. The number of rotatable bonds is 3. The third kappa shape index (κ3) is 4.06. The molecule has 0 aliphatic heterocycles. The van der Waals surface area contributed by atoms with E-state index in [9.17, 15) is 5.11 Å². The van der Waals surface area contributed by atoms with Crippen molar-refractivity contribution in [2.45, 2.75) is 6.61 Å². The third-order valence-electron chi connectivity index (χ3n) is 2.49.